The van der Waals surface area contributed by atoms with Crippen LogP contribution in [-0.2, 0) is 15.1 Å². The third kappa shape index (κ3) is 2.66. The number of H-pyrrole nitrogens is 1. The van der Waals surface area contributed by atoms with Crippen LogP contribution < -0.4 is 9.47 Å². The number of amides is 2. The number of aromatic amines is 1. The van der Waals surface area contributed by atoms with Gasteiger partial charge in [-0.25, -0.2) is 0 Å². The van der Waals surface area contributed by atoms with E-state index in [2.05, 4.69) is 11.1 Å². The molecule has 7 heteroatoms. The summed E-state index contributed by atoms with van der Waals surface area (Å²) in [6.07, 6.45) is 0. The summed E-state index contributed by atoms with van der Waals surface area (Å²) in [4.78, 5) is 33.4. The highest BCUT2D eigenvalue weighted by atomic mass is 16.5. The first-order valence-electron chi connectivity index (χ1n) is 10.9. The van der Waals surface area contributed by atoms with Gasteiger partial charge in [-0.3, -0.25) is 9.59 Å². The average molecular weight is 434 g/mol. The first-order valence-corrected chi connectivity index (χ1v) is 10.9. The van der Waals surface area contributed by atoms with E-state index in [0.29, 0.717) is 24.7 Å². The van der Waals surface area contributed by atoms with Crippen molar-refractivity contribution in [3.05, 3.63) is 59.3 Å². The van der Waals surface area contributed by atoms with E-state index in [4.69, 9.17) is 9.47 Å². The number of nitrogens with one attached hydrogen (secondary N) is 1. The Bertz CT molecular complexity index is 1230. The SMILES string of the molecule is CCOc1c(OC)cccc1C1CN2C(=O)CN(C)C(=O)[C@]2(C)c2[nH]c3ccccc3c21. The highest BCUT2D eigenvalue weighted by Crippen LogP contribution is 2.50. The highest BCUT2D eigenvalue weighted by molar-refractivity contribution is 6.01. The third-order valence-corrected chi connectivity index (χ3v) is 6.82. The molecule has 32 heavy (non-hydrogen) atoms. The minimum atomic E-state index is -1.08. The van der Waals surface area contributed by atoms with E-state index in [1.807, 2.05) is 50.2 Å². The van der Waals surface area contributed by atoms with Crippen LogP contribution in [0, 0.1) is 0 Å². The van der Waals surface area contributed by atoms with Crippen LogP contribution in [0.1, 0.15) is 36.6 Å². The van der Waals surface area contributed by atoms with Crippen molar-refractivity contribution in [2.24, 2.45) is 0 Å². The van der Waals surface area contributed by atoms with Gasteiger partial charge in [-0.15, -0.1) is 0 Å². The normalized spacial score (nSPS) is 22.7. The number of aromatic nitrogens is 1. The van der Waals surface area contributed by atoms with E-state index in [9.17, 15) is 9.59 Å². The first-order chi connectivity index (χ1) is 15.4. The molecule has 2 aliphatic rings. The maximum Gasteiger partial charge on any atom is 0.254 e. The number of likely N-dealkylation sites (N-methyl/N-ethyl adjacent to an activating group) is 1. The van der Waals surface area contributed by atoms with Crippen LogP contribution in [0.3, 0.4) is 0 Å². The number of nitrogens with zero attached hydrogens (tertiary/aromatic N) is 2. The number of methoxy groups -OCH3 is 1. The second-order valence-electron chi connectivity index (χ2n) is 8.56. The second kappa shape index (κ2) is 7.29. The average Bonchev–Trinajstić information content (AvgIpc) is 3.19. The minimum Gasteiger partial charge on any atom is -0.493 e. The molecule has 1 saturated heterocycles. The van der Waals surface area contributed by atoms with Crippen molar-refractivity contribution in [2.45, 2.75) is 25.3 Å². The number of benzene rings is 2. The molecule has 166 valence electrons. The lowest BCUT2D eigenvalue weighted by atomic mass is 9.76. The quantitative estimate of drug-likeness (QED) is 0.686. The number of hydrogen-bond acceptors (Lipinski definition) is 4. The number of hydrogen-bond donors (Lipinski definition) is 1. The van der Waals surface area contributed by atoms with Crippen molar-refractivity contribution in [1.29, 1.82) is 0 Å². The van der Waals surface area contributed by atoms with Crippen LogP contribution in [0.5, 0.6) is 11.5 Å². The summed E-state index contributed by atoms with van der Waals surface area (Å²) < 4.78 is 11.6. The maximum absolute atomic E-state index is 13.4. The largest absolute Gasteiger partial charge is 0.493 e. The number of para-hydroxylation sites is 2. The van der Waals surface area contributed by atoms with Crippen LogP contribution >= 0.6 is 0 Å². The molecule has 7 nitrogen and oxygen atoms in total. The van der Waals surface area contributed by atoms with Crippen molar-refractivity contribution in [3.8, 4) is 11.5 Å². The number of carbonyl (C=O) groups is 2. The monoisotopic (exact) mass is 433 g/mol. The van der Waals surface area contributed by atoms with Crippen LogP contribution in [0.2, 0.25) is 0 Å². The Kier molecular flexibility index (Phi) is 4.65. The predicted molar refractivity (Wildman–Crippen MR) is 121 cm³/mol. The van der Waals surface area contributed by atoms with Gasteiger partial charge in [-0.1, -0.05) is 30.3 Å². The molecule has 0 spiro atoms. The summed E-state index contributed by atoms with van der Waals surface area (Å²) in [5.74, 6) is 1.00. The van der Waals surface area contributed by atoms with Crippen LogP contribution in [0.4, 0.5) is 0 Å². The molecule has 1 N–H and O–H groups in total. The van der Waals surface area contributed by atoms with E-state index in [0.717, 1.165) is 27.7 Å². The predicted octanol–water partition coefficient (Wildman–Crippen LogP) is 3.24. The first kappa shape index (κ1) is 20.4. The van der Waals surface area contributed by atoms with Crippen molar-refractivity contribution in [3.63, 3.8) is 0 Å². The Labute approximate surface area is 186 Å². The zero-order chi connectivity index (χ0) is 22.6. The molecule has 2 atom stereocenters. The standard InChI is InChI=1S/C25H27N3O4/c1-5-32-22-15(10-8-12-19(22)31-4)17-13-28-20(29)14-27(3)24(30)25(28,2)23-21(17)16-9-6-7-11-18(16)26-23/h6-12,17,26H,5,13-14H2,1-4H3/t17?,25-/m0/s1. The molecule has 0 saturated carbocycles. The van der Waals surface area contributed by atoms with Gasteiger partial charge in [0.05, 0.1) is 26.0 Å². The van der Waals surface area contributed by atoms with Crippen LogP contribution in [-0.4, -0.2) is 60.5 Å². The lowest BCUT2D eigenvalue weighted by Gasteiger charge is -2.50. The van der Waals surface area contributed by atoms with E-state index in [-0.39, 0.29) is 24.3 Å². The zero-order valence-corrected chi connectivity index (χ0v) is 18.8. The van der Waals surface area contributed by atoms with Gasteiger partial charge in [0.1, 0.15) is 0 Å². The van der Waals surface area contributed by atoms with Gasteiger partial charge in [-0.05, 0) is 31.5 Å². The van der Waals surface area contributed by atoms with Crippen molar-refractivity contribution < 1.29 is 19.1 Å². The van der Waals surface area contributed by atoms with Gasteiger partial charge in [0.25, 0.3) is 5.91 Å². The fraction of sp³-hybridized carbons (Fsp3) is 0.360. The molecule has 3 aromatic rings. The Balaban J connectivity index is 1.81. The number of ether oxygens (including phenoxy) is 2. The molecule has 0 bridgehead atoms. The minimum absolute atomic E-state index is 0.0650. The number of carbonyl (C=O) groups excluding carboxylic acids is 2. The van der Waals surface area contributed by atoms with E-state index < -0.39 is 5.54 Å². The third-order valence-electron chi connectivity index (χ3n) is 6.82. The molecule has 2 amide bonds. The maximum atomic E-state index is 13.4. The Morgan fingerprint density at radius 3 is 2.69 bits per heavy atom. The Hall–Kier alpha value is -3.48. The fourth-order valence-corrected chi connectivity index (χ4v) is 5.33. The molecule has 5 rings (SSSR count). The van der Waals surface area contributed by atoms with Crippen molar-refractivity contribution in [1.82, 2.24) is 14.8 Å². The number of rotatable bonds is 4. The van der Waals surface area contributed by atoms with Gasteiger partial charge in [0, 0.05) is 36.0 Å². The summed E-state index contributed by atoms with van der Waals surface area (Å²) in [6.45, 7) is 4.74. The smallest absolute Gasteiger partial charge is 0.254 e. The molecule has 1 aromatic heterocycles. The lowest BCUT2D eigenvalue weighted by Crippen LogP contribution is -2.66. The molecule has 1 fully saturated rings. The van der Waals surface area contributed by atoms with Gasteiger partial charge in [-0.2, -0.15) is 0 Å². The second-order valence-corrected chi connectivity index (χ2v) is 8.56. The molecule has 2 aromatic carbocycles. The van der Waals surface area contributed by atoms with Gasteiger partial charge >= 0.3 is 0 Å². The van der Waals surface area contributed by atoms with Crippen LogP contribution in [0.15, 0.2) is 42.5 Å². The summed E-state index contributed by atoms with van der Waals surface area (Å²) >= 11 is 0. The summed E-state index contributed by atoms with van der Waals surface area (Å²) in [7, 11) is 3.31. The molecular formula is C25H27N3O4. The van der Waals surface area contributed by atoms with Gasteiger partial charge in [0.15, 0.2) is 17.0 Å². The molecular weight excluding hydrogens is 406 g/mol. The lowest BCUT2D eigenvalue weighted by molar-refractivity contribution is -0.164. The summed E-state index contributed by atoms with van der Waals surface area (Å²) in [5.41, 5.74) is 2.60. The molecule has 1 unspecified atom stereocenters. The van der Waals surface area contributed by atoms with Crippen molar-refractivity contribution in [2.75, 3.05) is 33.9 Å². The number of piperazine rings is 1. The van der Waals surface area contributed by atoms with Gasteiger partial charge < -0.3 is 24.3 Å². The molecule has 3 heterocycles. The molecule has 0 radical (unpaired) electrons. The van der Waals surface area contributed by atoms with E-state index in [1.165, 1.54) is 4.90 Å². The summed E-state index contributed by atoms with van der Waals surface area (Å²) in [5, 5.41) is 1.05. The molecule has 2 aliphatic heterocycles. The topological polar surface area (TPSA) is 74.9 Å². The Morgan fingerprint density at radius 1 is 1.16 bits per heavy atom. The highest BCUT2D eigenvalue weighted by Gasteiger charge is 2.55. The molecule has 0 aliphatic carbocycles. The Morgan fingerprint density at radius 2 is 1.94 bits per heavy atom. The zero-order valence-electron chi connectivity index (χ0n) is 18.8. The van der Waals surface area contributed by atoms with Crippen LogP contribution in [0.25, 0.3) is 10.9 Å². The van der Waals surface area contributed by atoms with Gasteiger partial charge in [0.2, 0.25) is 5.91 Å². The fourth-order valence-electron chi connectivity index (χ4n) is 5.33. The van der Waals surface area contributed by atoms with E-state index in [1.54, 1.807) is 19.1 Å². The number of fused-ring (bicyclic) bond motifs is 5. The van der Waals surface area contributed by atoms with Crippen molar-refractivity contribution >= 4 is 22.7 Å². The summed E-state index contributed by atoms with van der Waals surface area (Å²) in [6, 6.07) is 13.9. The van der Waals surface area contributed by atoms with E-state index >= 15 is 0 Å².